The Hall–Kier alpha value is -0.700. The third-order valence-electron chi connectivity index (χ3n) is 3.50. The van der Waals surface area contributed by atoms with Gasteiger partial charge in [-0.15, -0.1) is 0 Å². The van der Waals surface area contributed by atoms with Gasteiger partial charge in [-0.25, -0.2) is 0 Å². The van der Waals surface area contributed by atoms with Gasteiger partial charge in [0.1, 0.15) is 0 Å². The Balaban J connectivity index is 2.08. The minimum atomic E-state index is 0.819. The number of hydrogen-bond donors (Lipinski definition) is 1. The second-order valence-corrected chi connectivity index (χ2v) is 5.40. The molecule has 2 nitrogen and oxygen atoms in total. The molecule has 0 saturated carbocycles. The van der Waals surface area contributed by atoms with E-state index < -0.39 is 0 Å². The second kappa shape index (κ2) is 5.09. The van der Waals surface area contributed by atoms with Gasteiger partial charge in [0.2, 0.25) is 0 Å². The number of nitrogens with zero attached hydrogens (tertiary/aromatic N) is 1. The van der Waals surface area contributed by atoms with Crippen molar-refractivity contribution < 1.29 is 0 Å². The van der Waals surface area contributed by atoms with Gasteiger partial charge in [-0.05, 0) is 52.9 Å². The largest absolute Gasteiger partial charge is 0.399 e. The fourth-order valence-corrected chi connectivity index (χ4v) is 3.01. The molecule has 3 heteroatoms. The Kier molecular flexibility index (Phi) is 3.74. The van der Waals surface area contributed by atoms with E-state index in [0.29, 0.717) is 0 Å². The van der Waals surface area contributed by atoms with Crippen molar-refractivity contribution in [2.24, 2.45) is 5.92 Å². The number of halogens is 1. The molecule has 0 aromatic heterocycles. The molecule has 1 aliphatic rings. The number of hydrogen-bond acceptors (Lipinski definition) is 2. The van der Waals surface area contributed by atoms with Crippen LogP contribution in [0.5, 0.6) is 0 Å². The van der Waals surface area contributed by atoms with Gasteiger partial charge in [-0.2, -0.15) is 0 Å². The molecule has 0 radical (unpaired) electrons. The van der Waals surface area contributed by atoms with Crippen molar-refractivity contribution in [3.8, 4) is 0 Å². The van der Waals surface area contributed by atoms with Crippen molar-refractivity contribution in [1.29, 1.82) is 0 Å². The van der Waals surface area contributed by atoms with E-state index in [0.717, 1.165) is 16.1 Å². The zero-order valence-electron chi connectivity index (χ0n) is 9.75. The normalized spacial score (nSPS) is 17.8. The van der Waals surface area contributed by atoms with E-state index in [1.807, 2.05) is 12.1 Å². The predicted octanol–water partition coefficient (Wildman–Crippen LogP) is 3.66. The van der Waals surface area contributed by atoms with Gasteiger partial charge in [0.05, 0.1) is 5.69 Å². The van der Waals surface area contributed by atoms with Crippen molar-refractivity contribution in [2.75, 3.05) is 23.7 Å². The molecule has 1 heterocycles. The first-order valence-corrected chi connectivity index (χ1v) is 6.80. The van der Waals surface area contributed by atoms with Crippen molar-refractivity contribution in [2.45, 2.75) is 26.2 Å². The average Bonchev–Trinajstić information content (AvgIpc) is 2.29. The molecular formula is C13H19BrN2. The smallest absolute Gasteiger partial charge is 0.0512 e. The molecule has 2 N–H and O–H groups in total. The monoisotopic (exact) mass is 282 g/mol. The van der Waals surface area contributed by atoms with Crippen molar-refractivity contribution in [1.82, 2.24) is 0 Å². The summed E-state index contributed by atoms with van der Waals surface area (Å²) >= 11 is 3.59. The van der Waals surface area contributed by atoms with Crippen molar-refractivity contribution >= 4 is 27.3 Å². The molecule has 0 aliphatic carbocycles. The van der Waals surface area contributed by atoms with Crippen LogP contribution >= 0.6 is 15.9 Å². The fraction of sp³-hybridized carbons (Fsp3) is 0.538. The Bertz CT molecular complexity index is 357. The minimum absolute atomic E-state index is 0.819. The summed E-state index contributed by atoms with van der Waals surface area (Å²) in [7, 11) is 0. The molecule has 0 spiro atoms. The van der Waals surface area contributed by atoms with E-state index in [1.165, 1.54) is 38.0 Å². The van der Waals surface area contributed by atoms with Gasteiger partial charge in [0.15, 0.2) is 0 Å². The summed E-state index contributed by atoms with van der Waals surface area (Å²) in [5, 5.41) is 0. The number of benzene rings is 1. The maximum absolute atomic E-state index is 5.75. The molecule has 0 bridgehead atoms. The van der Waals surface area contributed by atoms with E-state index in [2.05, 4.69) is 33.8 Å². The Labute approximate surface area is 106 Å². The van der Waals surface area contributed by atoms with Gasteiger partial charge in [-0.3, -0.25) is 0 Å². The lowest BCUT2D eigenvalue weighted by atomic mass is 9.94. The van der Waals surface area contributed by atoms with Gasteiger partial charge in [0.25, 0.3) is 0 Å². The topological polar surface area (TPSA) is 29.3 Å². The molecule has 88 valence electrons. The van der Waals surface area contributed by atoms with Crippen LogP contribution < -0.4 is 10.6 Å². The van der Waals surface area contributed by atoms with E-state index in [-0.39, 0.29) is 0 Å². The quantitative estimate of drug-likeness (QED) is 0.839. The van der Waals surface area contributed by atoms with Gasteiger partial charge < -0.3 is 10.6 Å². The van der Waals surface area contributed by atoms with Gasteiger partial charge in [0, 0.05) is 23.2 Å². The SMILES string of the molecule is CCC1CCN(c2ccc(N)cc2Br)CC1. The fourth-order valence-electron chi connectivity index (χ4n) is 2.36. The van der Waals surface area contributed by atoms with Gasteiger partial charge >= 0.3 is 0 Å². The summed E-state index contributed by atoms with van der Waals surface area (Å²) < 4.78 is 1.11. The molecule has 16 heavy (non-hydrogen) atoms. The lowest BCUT2D eigenvalue weighted by Gasteiger charge is -2.33. The molecule has 1 aromatic rings. The summed E-state index contributed by atoms with van der Waals surface area (Å²) in [6.07, 6.45) is 3.94. The van der Waals surface area contributed by atoms with Gasteiger partial charge in [-0.1, -0.05) is 13.3 Å². The highest BCUT2D eigenvalue weighted by atomic mass is 79.9. The van der Waals surface area contributed by atoms with Crippen LogP contribution in [0.3, 0.4) is 0 Å². The number of rotatable bonds is 2. The third-order valence-corrected chi connectivity index (χ3v) is 4.14. The Morgan fingerprint density at radius 3 is 2.62 bits per heavy atom. The highest BCUT2D eigenvalue weighted by Crippen LogP contribution is 2.31. The standard InChI is InChI=1S/C13H19BrN2/c1-2-10-5-7-16(8-6-10)13-4-3-11(15)9-12(13)14/h3-4,9-10H,2,5-8,15H2,1H3. The van der Waals surface area contributed by atoms with Crippen LogP contribution in [0.25, 0.3) is 0 Å². The first-order valence-electron chi connectivity index (χ1n) is 6.00. The average molecular weight is 283 g/mol. The summed E-state index contributed by atoms with van der Waals surface area (Å²) in [5.74, 6) is 0.920. The summed E-state index contributed by atoms with van der Waals surface area (Å²) in [6.45, 7) is 4.63. The number of nitrogen functional groups attached to an aromatic ring is 1. The van der Waals surface area contributed by atoms with E-state index in [9.17, 15) is 0 Å². The van der Waals surface area contributed by atoms with Crippen LogP contribution in [0.4, 0.5) is 11.4 Å². The van der Waals surface area contributed by atoms with Crippen molar-refractivity contribution in [3.05, 3.63) is 22.7 Å². The maximum Gasteiger partial charge on any atom is 0.0512 e. The number of nitrogens with two attached hydrogens (primary N) is 1. The first kappa shape index (κ1) is 11.8. The number of piperidine rings is 1. The van der Waals surface area contributed by atoms with Crippen molar-refractivity contribution in [3.63, 3.8) is 0 Å². The lowest BCUT2D eigenvalue weighted by molar-refractivity contribution is 0.395. The zero-order valence-corrected chi connectivity index (χ0v) is 11.3. The molecule has 1 saturated heterocycles. The predicted molar refractivity (Wildman–Crippen MR) is 73.8 cm³/mol. The lowest BCUT2D eigenvalue weighted by Crippen LogP contribution is -2.33. The van der Waals surface area contributed by atoms with Crippen LogP contribution in [0, 0.1) is 5.92 Å². The molecular weight excluding hydrogens is 264 g/mol. The summed E-state index contributed by atoms with van der Waals surface area (Å²) in [6, 6.07) is 6.08. The van der Waals surface area contributed by atoms with Crippen LogP contribution in [0.1, 0.15) is 26.2 Å². The molecule has 1 aliphatic heterocycles. The molecule has 0 unspecified atom stereocenters. The molecule has 1 fully saturated rings. The third kappa shape index (κ3) is 2.51. The second-order valence-electron chi connectivity index (χ2n) is 4.55. The van der Waals surface area contributed by atoms with E-state index in [1.54, 1.807) is 0 Å². The highest BCUT2D eigenvalue weighted by molar-refractivity contribution is 9.10. The zero-order chi connectivity index (χ0) is 11.5. The Morgan fingerprint density at radius 1 is 1.38 bits per heavy atom. The highest BCUT2D eigenvalue weighted by Gasteiger charge is 2.19. The maximum atomic E-state index is 5.75. The first-order chi connectivity index (χ1) is 7.70. The summed E-state index contributed by atoms with van der Waals surface area (Å²) in [5.41, 5.74) is 7.85. The van der Waals surface area contributed by atoms with E-state index >= 15 is 0 Å². The molecule has 2 rings (SSSR count). The van der Waals surface area contributed by atoms with Crippen LogP contribution in [0.2, 0.25) is 0 Å². The molecule has 0 amide bonds. The molecule has 0 atom stereocenters. The van der Waals surface area contributed by atoms with Crippen LogP contribution in [0.15, 0.2) is 22.7 Å². The Morgan fingerprint density at radius 2 is 2.06 bits per heavy atom. The van der Waals surface area contributed by atoms with Crippen LogP contribution in [-0.2, 0) is 0 Å². The van der Waals surface area contributed by atoms with Crippen LogP contribution in [-0.4, -0.2) is 13.1 Å². The minimum Gasteiger partial charge on any atom is -0.399 e. The molecule has 1 aromatic carbocycles. The number of anilines is 2. The van der Waals surface area contributed by atoms with E-state index in [4.69, 9.17) is 5.73 Å². The summed E-state index contributed by atoms with van der Waals surface area (Å²) in [4.78, 5) is 2.45.